The first-order valence-electron chi connectivity index (χ1n) is 4.92. The minimum Gasteiger partial charge on any atom is -0.479 e. The molecule has 0 amide bonds. The predicted molar refractivity (Wildman–Crippen MR) is 64.3 cm³/mol. The van der Waals surface area contributed by atoms with E-state index in [4.69, 9.17) is 28.3 Å². The van der Waals surface area contributed by atoms with Crippen LogP contribution in [0.4, 0.5) is 0 Å². The third-order valence-electron chi connectivity index (χ3n) is 2.63. The van der Waals surface area contributed by atoms with Gasteiger partial charge in [0.15, 0.2) is 5.60 Å². The second-order valence-electron chi connectivity index (χ2n) is 3.62. The molecule has 0 aliphatic carbocycles. The maximum Gasteiger partial charge on any atom is 0.338 e. The van der Waals surface area contributed by atoms with Crippen LogP contribution in [-0.4, -0.2) is 26.9 Å². The van der Waals surface area contributed by atoms with Crippen molar-refractivity contribution in [2.75, 3.05) is 0 Å². The molecule has 0 radical (unpaired) electrons. The molecule has 0 saturated carbocycles. The second kappa shape index (κ2) is 5.23. The summed E-state index contributed by atoms with van der Waals surface area (Å²) in [6, 6.07) is 4.49. The van der Waals surface area contributed by atoms with Gasteiger partial charge in [-0.05, 0) is 18.6 Å². The lowest BCUT2D eigenvalue weighted by Crippen LogP contribution is -2.44. The minimum absolute atomic E-state index is 0.0163. The molecule has 2 atom stereocenters. The Morgan fingerprint density at radius 3 is 2.24 bits per heavy atom. The topological polar surface area (TPSA) is 77.8 Å². The summed E-state index contributed by atoms with van der Waals surface area (Å²) < 4.78 is 0. The fourth-order valence-electron chi connectivity index (χ4n) is 1.47. The molecule has 94 valence electrons. The largest absolute Gasteiger partial charge is 0.479 e. The van der Waals surface area contributed by atoms with E-state index >= 15 is 0 Å². The molecule has 0 fully saturated rings. The van der Waals surface area contributed by atoms with E-state index in [1.54, 1.807) is 6.07 Å². The van der Waals surface area contributed by atoms with Crippen LogP contribution in [0.1, 0.15) is 25.0 Å². The molecule has 0 spiro atoms. The molecule has 0 saturated heterocycles. The Morgan fingerprint density at radius 1 is 1.41 bits per heavy atom. The number of carboxylic acid groups (broad SMARTS) is 1. The minimum atomic E-state index is -2.31. The zero-order valence-electron chi connectivity index (χ0n) is 9.02. The molecule has 0 aliphatic rings. The number of aliphatic hydroxyl groups is 2. The molecule has 1 rings (SSSR count). The van der Waals surface area contributed by atoms with E-state index in [0.29, 0.717) is 0 Å². The number of aliphatic hydroxyl groups excluding tert-OH is 1. The molecule has 3 N–H and O–H groups in total. The lowest BCUT2D eigenvalue weighted by molar-refractivity contribution is -0.173. The van der Waals surface area contributed by atoms with E-state index in [-0.39, 0.29) is 22.0 Å². The summed E-state index contributed by atoms with van der Waals surface area (Å²) in [5, 5.41) is 29.0. The predicted octanol–water partition coefficient (Wildman–Crippen LogP) is 2.25. The summed E-state index contributed by atoms with van der Waals surface area (Å²) in [6.45, 7) is 1.45. The van der Waals surface area contributed by atoms with Crippen LogP contribution >= 0.6 is 23.2 Å². The Labute approximate surface area is 108 Å². The highest BCUT2D eigenvalue weighted by molar-refractivity contribution is 6.36. The van der Waals surface area contributed by atoms with Gasteiger partial charge in [-0.25, -0.2) is 4.79 Å². The van der Waals surface area contributed by atoms with Crippen LogP contribution in [0.2, 0.25) is 10.0 Å². The number of benzene rings is 1. The first kappa shape index (κ1) is 14.3. The fourth-order valence-corrected chi connectivity index (χ4v) is 2.08. The van der Waals surface area contributed by atoms with Crippen LogP contribution in [0.15, 0.2) is 18.2 Å². The first-order valence-corrected chi connectivity index (χ1v) is 5.68. The quantitative estimate of drug-likeness (QED) is 0.790. The Morgan fingerprint density at radius 2 is 1.88 bits per heavy atom. The van der Waals surface area contributed by atoms with Gasteiger partial charge in [-0.1, -0.05) is 36.2 Å². The van der Waals surface area contributed by atoms with Gasteiger partial charge in [0, 0.05) is 15.6 Å². The maximum atomic E-state index is 11.0. The van der Waals surface area contributed by atoms with Crippen molar-refractivity contribution in [3.05, 3.63) is 33.8 Å². The van der Waals surface area contributed by atoms with Crippen LogP contribution in [0.5, 0.6) is 0 Å². The molecule has 0 aliphatic heterocycles. The van der Waals surface area contributed by atoms with Crippen molar-refractivity contribution in [2.24, 2.45) is 0 Å². The summed E-state index contributed by atoms with van der Waals surface area (Å²) >= 11 is 11.7. The number of aliphatic carboxylic acids is 1. The van der Waals surface area contributed by atoms with Crippen molar-refractivity contribution in [3.63, 3.8) is 0 Å². The lowest BCUT2D eigenvalue weighted by Gasteiger charge is -2.28. The van der Waals surface area contributed by atoms with Gasteiger partial charge in [-0.2, -0.15) is 0 Å². The van der Waals surface area contributed by atoms with Crippen molar-refractivity contribution in [1.29, 1.82) is 0 Å². The number of carbonyl (C=O) groups is 1. The molecule has 0 unspecified atom stereocenters. The maximum absolute atomic E-state index is 11.0. The number of hydrogen-bond acceptors (Lipinski definition) is 3. The zero-order valence-corrected chi connectivity index (χ0v) is 10.5. The molecular weight excluding hydrogens is 267 g/mol. The van der Waals surface area contributed by atoms with E-state index in [9.17, 15) is 15.0 Å². The number of carboxylic acids is 1. The van der Waals surface area contributed by atoms with Crippen LogP contribution in [-0.2, 0) is 4.79 Å². The molecule has 1 aromatic carbocycles. The molecule has 6 heteroatoms. The lowest BCUT2D eigenvalue weighted by atomic mass is 9.88. The van der Waals surface area contributed by atoms with Crippen molar-refractivity contribution in [3.8, 4) is 0 Å². The van der Waals surface area contributed by atoms with Gasteiger partial charge in [-0.15, -0.1) is 0 Å². The molecule has 4 nitrogen and oxygen atoms in total. The molecule has 17 heavy (non-hydrogen) atoms. The van der Waals surface area contributed by atoms with Gasteiger partial charge >= 0.3 is 5.97 Å². The Kier molecular flexibility index (Phi) is 4.38. The normalized spacial score (nSPS) is 16.3. The molecule has 0 aromatic heterocycles. The zero-order chi connectivity index (χ0) is 13.2. The Bertz CT molecular complexity index is 415. The average Bonchev–Trinajstić information content (AvgIpc) is 2.27. The monoisotopic (exact) mass is 278 g/mol. The smallest absolute Gasteiger partial charge is 0.338 e. The van der Waals surface area contributed by atoms with Crippen molar-refractivity contribution in [1.82, 2.24) is 0 Å². The average molecular weight is 279 g/mol. The van der Waals surface area contributed by atoms with Gasteiger partial charge in [0.2, 0.25) is 0 Å². The molecule has 0 bridgehead atoms. The second-order valence-corrected chi connectivity index (χ2v) is 4.44. The third-order valence-corrected chi connectivity index (χ3v) is 3.29. The summed E-state index contributed by atoms with van der Waals surface area (Å²) in [4.78, 5) is 11.0. The number of rotatable bonds is 4. The van der Waals surface area contributed by atoms with Gasteiger partial charge in [0.1, 0.15) is 6.10 Å². The molecule has 1 aromatic rings. The molecule has 0 heterocycles. The Balaban J connectivity index is 3.29. The highest BCUT2D eigenvalue weighted by Crippen LogP contribution is 2.37. The van der Waals surface area contributed by atoms with Crippen LogP contribution in [0.25, 0.3) is 0 Å². The SMILES string of the molecule is CC[C@](O)(C(=O)O)[C@@H](O)c1c(Cl)cccc1Cl. The van der Waals surface area contributed by atoms with Crippen LogP contribution in [0.3, 0.4) is 0 Å². The Hall–Kier alpha value is -0.810. The van der Waals surface area contributed by atoms with E-state index < -0.39 is 17.7 Å². The van der Waals surface area contributed by atoms with Gasteiger partial charge in [0.05, 0.1) is 0 Å². The number of halogens is 2. The summed E-state index contributed by atoms with van der Waals surface area (Å²) in [6.07, 6.45) is -1.86. The van der Waals surface area contributed by atoms with Crippen LogP contribution in [0, 0.1) is 0 Å². The highest BCUT2D eigenvalue weighted by Gasteiger charge is 2.44. The van der Waals surface area contributed by atoms with Crippen LogP contribution < -0.4 is 0 Å². The van der Waals surface area contributed by atoms with Gasteiger partial charge in [-0.3, -0.25) is 0 Å². The number of hydrogen-bond donors (Lipinski definition) is 3. The molecular formula is C11H12Cl2O4. The van der Waals surface area contributed by atoms with E-state index in [1.807, 2.05) is 0 Å². The van der Waals surface area contributed by atoms with Crippen molar-refractivity contribution >= 4 is 29.2 Å². The van der Waals surface area contributed by atoms with E-state index in [2.05, 4.69) is 0 Å². The first-order chi connectivity index (χ1) is 7.84. The standard InChI is InChI=1S/C11H12Cl2O4/c1-2-11(17,10(15)16)9(14)8-6(12)4-3-5-7(8)13/h3-5,9,14,17H,2H2,1H3,(H,15,16)/t9-,11+/m0/s1. The summed E-state index contributed by atoms with van der Waals surface area (Å²) in [5.74, 6) is -1.52. The third kappa shape index (κ3) is 2.55. The van der Waals surface area contributed by atoms with Crippen molar-refractivity contribution < 1.29 is 20.1 Å². The summed E-state index contributed by atoms with van der Waals surface area (Å²) in [5.41, 5.74) is -2.29. The van der Waals surface area contributed by atoms with Crippen molar-refractivity contribution in [2.45, 2.75) is 25.0 Å². The highest BCUT2D eigenvalue weighted by atomic mass is 35.5. The van der Waals surface area contributed by atoms with Gasteiger partial charge in [0.25, 0.3) is 0 Å². The fraction of sp³-hybridized carbons (Fsp3) is 0.364. The van der Waals surface area contributed by atoms with E-state index in [1.165, 1.54) is 19.1 Å². The van der Waals surface area contributed by atoms with E-state index in [0.717, 1.165) is 0 Å². The summed E-state index contributed by atoms with van der Waals surface area (Å²) in [7, 11) is 0. The van der Waals surface area contributed by atoms with Gasteiger partial charge < -0.3 is 15.3 Å².